The maximum absolute atomic E-state index is 14.2. The summed E-state index contributed by atoms with van der Waals surface area (Å²) in [6, 6.07) is 24.2. The van der Waals surface area contributed by atoms with Gasteiger partial charge in [-0.05, 0) is 55.7 Å². The predicted molar refractivity (Wildman–Crippen MR) is 173 cm³/mol. The average molecular weight is 599 g/mol. The number of aryl methyl sites for hydroxylation is 1. The van der Waals surface area contributed by atoms with Gasteiger partial charge in [0.15, 0.2) is 5.96 Å². The predicted octanol–water partition coefficient (Wildman–Crippen LogP) is 1.61. The number of guanidine groups is 1. The first kappa shape index (κ1) is 33.3. The Balaban J connectivity index is 1.87. The van der Waals surface area contributed by atoms with Crippen molar-refractivity contribution in [1.29, 1.82) is 5.41 Å². The molecule has 0 radical (unpaired) electrons. The lowest BCUT2D eigenvalue weighted by Gasteiger charge is -2.32. The van der Waals surface area contributed by atoms with Crippen LogP contribution in [0.3, 0.4) is 0 Å². The highest BCUT2D eigenvalue weighted by Gasteiger charge is 2.38. The Kier molecular flexibility index (Phi) is 12.0. The van der Waals surface area contributed by atoms with Gasteiger partial charge in [0.05, 0.1) is 5.41 Å². The molecule has 3 amide bonds. The van der Waals surface area contributed by atoms with E-state index in [0.717, 1.165) is 16.7 Å². The van der Waals surface area contributed by atoms with Crippen molar-refractivity contribution in [2.45, 2.75) is 56.5 Å². The van der Waals surface area contributed by atoms with Gasteiger partial charge >= 0.3 is 0 Å². The minimum atomic E-state index is -1.06. The van der Waals surface area contributed by atoms with Crippen molar-refractivity contribution in [2.75, 3.05) is 6.54 Å². The number of hydrogen-bond donors (Lipinski definition) is 7. The Hall–Kier alpha value is -5.19. The summed E-state index contributed by atoms with van der Waals surface area (Å²) in [7, 11) is 0. The molecule has 3 aromatic carbocycles. The molecular formula is C33H42N8O3. The van der Waals surface area contributed by atoms with Gasteiger partial charge in [-0.15, -0.1) is 0 Å². The highest BCUT2D eigenvalue weighted by molar-refractivity contribution is 5.96. The monoisotopic (exact) mass is 598 g/mol. The summed E-state index contributed by atoms with van der Waals surface area (Å²) in [5, 5.41) is 13.4. The molecule has 3 aromatic rings. The van der Waals surface area contributed by atoms with Crippen LogP contribution < -0.4 is 33.6 Å². The minimum Gasteiger partial charge on any atom is -0.384 e. The van der Waals surface area contributed by atoms with E-state index in [1.807, 2.05) is 79.7 Å². The molecule has 3 atom stereocenters. The Morgan fingerprint density at radius 2 is 1.41 bits per heavy atom. The van der Waals surface area contributed by atoms with Crippen LogP contribution in [0, 0.1) is 5.41 Å². The Morgan fingerprint density at radius 1 is 0.795 bits per heavy atom. The molecule has 0 heterocycles. The number of carbonyl (C=O) groups is 3. The number of rotatable bonds is 16. The summed E-state index contributed by atoms with van der Waals surface area (Å²) < 4.78 is 0. The minimum absolute atomic E-state index is 0.0436. The van der Waals surface area contributed by atoms with Gasteiger partial charge in [-0.3, -0.25) is 24.8 Å². The second kappa shape index (κ2) is 15.9. The molecule has 44 heavy (non-hydrogen) atoms. The van der Waals surface area contributed by atoms with Crippen molar-refractivity contribution >= 4 is 29.5 Å². The highest BCUT2D eigenvalue weighted by atomic mass is 16.2. The molecule has 0 fully saturated rings. The molecule has 0 aliphatic heterocycles. The van der Waals surface area contributed by atoms with Crippen molar-refractivity contribution in [3.8, 4) is 0 Å². The van der Waals surface area contributed by atoms with Crippen LogP contribution in [0.1, 0.15) is 48.4 Å². The summed E-state index contributed by atoms with van der Waals surface area (Å²) in [6.45, 7) is 2.11. The van der Waals surface area contributed by atoms with Crippen molar-refractivity contribution in [3.63, 3.8) is 0 Å². The SMILES string of the molecule is CC(Cc1ccc(C(=N)N)cc1)(C(=O)N[C@@H](CCc1ccccc1)C(=O)N[C@@H](CCCN=C(N)N)C(N)=O)c1ccccc1. The maximum atomic E-state index is 14.2. The standard InChI is InChI=1S/C33H42N8O3/c1-33(25-11-6-3-7-12-25,21-23-14-17-24(18-15-23)28(34)35)31(44)41-27(19-16-22-9-4-2-5-10-22)30(43)40-26(29(36)42)13-8-20-39-32(37)38/h2-7,9-12,14-15,17-18,26-27H,8,13,16,19-21H2,1H3,(H3,34,35)(H2,36,42)(H,40,43)(H,41,44)(H4,37,38,39)/t26-,27-,33?/m0/s1. The van der Waals surface area contributed by atoms with E-state index in [-0.39, 0.29) is 30.7 Å². The summed E-state index contributed by atoms with van der Waals surface area (Å²) in [5.74, 6) is -1.67. The molecular weight excluding hydrogens is 556 g/mol. The van der Waals surface area contributed by atoms with Crippen LogP contribution in [0.15, 0.2) is 89.9 Å². The van der Waals surface area contributed by atoms with Gasteiger partial charge in [-0.25, -0.2) is 0 Å². The van der Waals surface area contributed by atoms with Crippen LogP contribution in [0.4, 0.5) is 0 Å². The number of carbonyl (C=O) groups excluding carboxylic acids is 3. The highest BCUT2D eigenvalue weighted by Crippen LogP contribution is 2.29. The lowest BCUT2D eigenvalue weighted by molar-refractivity contribution is -0.133. The molecule has 3 rings (SSSR count). The third-order valence-electron chi connectivity index (χ3n) is 7.53. The average Bonchev–Trinajstić information content (AvgIpc) is 3.01. The summed E-state index contributed by atoms with van der Waals surface area (Å²) in [4.78, 5) is 44.0. The van der Waals surface area contributed by atoms with Crippen molar-refractivity contribution in [2.24, 2.45) is 27.9 Å². The lowest BCUT2D eigenvalue weighted by atomic mass is 9.76. The molecule has 11 heteroatoms. The molecule has 232 valence electrons. The quantitative estimate of drug-likeness (QED) is 0.0738. The number of aliphatic imine (C=N–C) groups is 1. The van der Waals surface area contributed by atoms with Gasteiger partial charge in [0.1, 0.15) is 17.9 Å². The number of nitrogens with one attached hydrogen (secondary N) is 3. The first-order valence-corrected chi connectivity index (χ1v) is 14.5. The number of nitrogen functional groups attached to an aromatic ring is 1. The van der Waals surface area contributed by atoms with E-state index in [1.54, 1.807) is 12.1 Å². The van der Waals surface area contributed by atoms with E-state index in [4.69, 9.17) is 28.3 Å². The van der Waals surface area contributed by atoms with Crippen LogP contribution >= 0.6 is 0 Å². The van der Waals surface area contributed by atoms with E-state index < -0.39 is 29.3 Å². The van der Waals surface area contributed by atoms with E-state index in [0.29, 0.717) is 31.2 Å². The molecule has 0 saturated carbocycles. The Labute approximate surface area is 258 Å². The van der Waals surface area contributed by atoms with Gasteiger partial charge in [0, 0.05) is 12.1 Å². The normalized spacial score (nSPS) is 13.5. The number of hydrogen-bond acceptors (Lipinski definition) is 5. The van der Waals surface area contributed by atoms with Gasteiger partial charge in [-0.1, -0.05) is 84.9 Å². The van der Waals surface area contributed by atoms with Crippen LogP contribution in [0.5, 0.6) is 0 Å². The molecule has 0 aliphatic carbocycles. The van der Waals surface area contributed by atoms with Crippen LogP contribution in [0.2, 0.25) is 0 Å². The summed E-state index contributed by atoms with van der Waals surface area (Å²) >= 11 is 0. The van der Waals surface area contributed by atoms with E-state index in [1.165, 1.54) is 0 Å². The first-order valence-electron chi connectivity index (χ1n) is 14.5. The van der Waals surface area contributed by atoms with Crippen LogP contribution in [0.25, 0.3) is 0 Å². The van der Waals surface area contributed by atoms with E-state index >= 15 is 0 Å². The van der Waals surface area contributed by atoms with Gasteiger partial charge in [0.25, 0.3) is 0 Å². The molecule has 0 bridgehead atoms. The van der Waals surface area contributed by atoms with Crippen molar-refractivity contribution in [1.82, 2.24) is 10.6 Å². The third kappa shape index (κ3) is 9.69. The summed E-state index contributed by atoms with van der Waals surface area (Å²) in [5.41, 5.74) is 24.1. The van der Waals surface area contributed by atoms with Crippen molar-refractivity contribution < 1.29 is 14.4 Å². The third-order valence-corrected chi connectivity index (χ3v) is 7.53. The smallest absolute Gasteiger partial charge is 0.243 e. The van der Waals surface area contributed by atoms with E-state index in [2.05, 4.69) is 15.6 Å². The zero-order valence-electron chi connectivity index (χ0n) is 25.0. The second-order valence-corrected chi connectivity index (χ2v) is 10.9. The molecule has 0 aliphatic rings. The number of amidine groups is 1. The topological polar surface area (TPSA) is 216 Å². The Bertz CT molecular complexity index is 1440. The molecule has 11 N–H and O–H groups in total. The van der Waals surface area contributed by atoms with E-state index in [9.17, 15) is 14.4 Å². The molecule has 11 nitrogen and oxygen atoms in total. The largest absolute Gasteiger partial charge is 0.384 e. The zero-order valence-corrected chi connectivity index (χ0v) is 25.0. The van der Waals surface area contributed by atoms with Gasteiger partial charge < -0.3 is 33.6 Å². The maximum Gasteiger partial charge on any atom is 0.243 e. The Morgan fingerprint density at radius 3 is 1.98 bits per heavy atom. The van der Waals surface area contributed by atoms with Crippen LogP contribution in [-0.2, 0) is 32.6 Å². The number of nitrogens with zero attached hydrogens (tertiary/aromatic N) is 1. The number of nitrogens with two attached hydrogens (primary N) is 4. The van der Waals surface area contributed by atoms with Gasteiger partial charge in [0.2, 0.25) is 17.7 Å². The first-order chi connectivity index (χ1) is 21.0. The zero-order chi connectivity index (χ0) is 32.1. The van der Waals surface area contributed by atoms with Crippen LogP contribution in [-0.4, -0.2) is 48.1 Å². The molecule has 0 saturated heterocycles. The molecule has 1 unspecified atom stereocenters. The number of amides is 3. The lowest BCUT2D eigenvalue weighted by Crippen LogP contribution is -2.56. The number of primary amides is 1. The molecule has 0 aromatic heterocycles. The fraction of sp³-hybridized carbons (Fsp3) is 0.303. The second-order valence-electron chi connectivity index (χ2n) is 10.9. The van der Waals surface area contributed by atoms with Crippen molar-refractivity contribution in [3.05, 3.63) is 107 Å². The van der Waals surface area contributed by atoms with Gasteiger partial charge in [-0.2, -0.15) is 0 Å². The fourth-order valence-corrected chi connectivity index (χ4v) is 4.93. The summed E-state index contributed by atoms with van der Waals surface area (Å²) in [6.07, 6.45) is 1.78. The molecule has 0 spiro atoms. The number of benzene rings is 3. The fourth-order valence-electron chi connectivity index (χ4n) is 4.93.